The predicted molar refractivity (Wildman–Crippen MR) is 118 cm³/mol. The van der Waals surface area contributed by atoms with Crippen LogP contribution in [0.15, 0.2) is 59.8 Å². The Bertz CT molecular complexity index is 1510. The molecule has 0 aromatic carbocycles. The fourth-order valence-electron chi connectivity index (χ4n) is 3.64. The third-order valence-electron chi connectivity index (χ3n) is 5.08. The van der Waals surface area contributed by atoms with Gasteiger partial charge in [-0.25, -0.2) is 15.0 Å². The number of pyridine rings is 3. The molecule has 6 aromatic rings. The molecule has 0 fully saturated rings. The number of rotatable bonds is 3. The highest BCUT2D eigenvalue weighted by Crippen LogP contribution is 2.32. The smallest absolute Gasteiger partial charge is 0.181 e. The van der Waals surface area contributed by atoms with E-state index in [1.165, 1.54) is 0 Å². The Morgan fingerprint density at radius 3 is 2.73 bits per heavy atom. The Morgan fingerprint density at radius 1 is 0.933 bits per heavy atom. The zero-order chi connectivity index (χ0) is 20.1. The molecule has 7 nitrogen and oxygen atoms in total. The number of nitrogens with zero attached hydrogens (tertiary/aromatic N) is 5. The molecule has 30 heavy (non-hydrogen) atoms. The summed E-state index contributed by atoms with van der Waals surface area (Å²) < 4.78 is 0. The number of hydrogen-bond donors (Lipinski definition) is 2. The maximum absolute atomic E-state index is 4.72. The Morgan fingerprint density at radius 2 is 1.87 bits per heavy atom. The summed E-state index contributed by atoms with van der Waals surface area (Å²) in [6, 6.07) is 8.26. The predicted octanol–water partition coefficient (Wildman–Crippen LogP) is 5.00. The summed E-state index contributed by atoms with van der Waals surface area (Å²) in [6.07, 6.45) is 7.28. The number of aromatic nitrogens is 7. The van der Waals surface area contributed by atoms with Gasteiger partial charge in [-0.15, -0.1) is 0 Å². The second-order valence-electron chi connectivity index (χ2n) is 7.10. The van der Waals surface area contributed by atoms with Crippen molar-refractivity contribution in [2.45, 2.75) is 6.92 Å². The second-order valence-corrected chi connectivity index (χ2v) is 7.88. The van der Waals surface area contributed by atoms with Gasteiger partial charge in [0.05, 0.1) is 10.9 Å². The lowest BCUT2D eigenvalue weighted by atomic mass is 10.1. The number of nitrogens with one attached hydrogen (secondary N) is 2. The number of aromatic amines is 2. The number of imidazole rings is 1. The molecule has 0 aliphatic rings. The molecule has 0 bridgehead atoms. The Labute approximate surface area is 174 Å². The summed E-state index contributed by atoms with van der Waals surface area (Å²) in [6.45, 7) is 2.03. The van der Waals surface area contributed by atoms with Crippen LogP contribution in [0.4, 0.5) is 0 Å². The van der Waals surface area contributed by atoms with E-state index < -0.39 is 0 Å². The van der Waals surface area contributed by atoms with E-state index in [-0.39, 0.29) is 0 Å². The number of H-pyrrole nitrogens is 2. The topological polar surface area (TPSA) is 96.0 Å². The average Bonchev–Trinajstić information content (AvgIpc) is 3.51. The third kappa shape index (κ3) is 2.69. The average molecular weight is 409 g/mol. The molecular formula is C22H15N7S. The minimum Gasteiger partial charge on any atom is -0.335 e. The molecule has 6 heterocycles. The fourth-order valence-corrected chi connectivity index (χ4v) is 4.29. The van der Waals surface area contributed by atoms with Gasteiger partial charge in [-0.1, -0.05) is 0 Å². The molecule has 6 aromatic heterocycles. The van der Waals surface area contributed by atoms with E-state index >= 15 is 0 Å². The highest BCUT2D eigenvalue weighted by atomic mass is 32.1. The first-order valence-corrected chi connectivity index (χ1v) is 10.3. The fraction of sp³-hybridized carbons (Fsp3) is 0.0455. The van der Waals surface area contributed by atoms with Crippen LogP contribution >= 0.6 is 11.3 Å². The first kappa shape index (κ1) is 17.0. The van der Waals surface area contributed by atoms with Crippen molar-refractivity contribution in [1.82, 2.24) is 35.1 Å². The van der Waals surface area contributed by atoms with Gasteiger partial charge < -0.3 is 4.98 Å². The van der Waals surface area contributed by atoms with Gasteiger partial charge in [-0.2, -0.15) is 16.4 Å². The third-order valence-corrected chi connectivity index (χ3v) is 5.76. The number of hydrogen-bond acceptors (Lipinski definition) is 6. The quantitative estimate of drug-likeness (QED) is 0.429. The van der Waals surface area contributed by atoms with Crippen molar-refractivity contribution in [3.05, 3.63) is 65.4 Å². The van der Waals surface area contributed by atoms with Crippen LogP contribution in [-0.4, -0.2) is 35.1 Å². The van der Waals surface area contributed by atoms with Crippen LogP contribution in [0, 0.1) is 6.92 Å². The summed E-state index contributed by atoms with van der Waals surface area (Å²) in [5.74, 6) is 0.684. The summed E-state index contributed by atoms with van der Waals surface area (Å²) in [4.78, 5) is 21.4. The molecule has 0 aliphatic heterocycles. The van der Waals surface area contributed by atoms with Crippen LogP contribution in [0.1, 0.15) is 5.56 Å². The van der Waals surface area contributed by atoms with Crippen molar-refractivity contribution in [2.24, 2.45) is 0 Å². The van der Waals surface area contributed by atoms with Crippen molar-refractivity contribution in [2.75, 3.05) is 0 Å². The van der Waals surface area contributed by atoms with Crippen molar-refractivity contribution >= 4 is 33.5 Å². The summed E-state index contributed by atoms with van der Waals surface area (Å²) in [7, 11) is 0. The van der Waals surface area contributed by atoms with E-state index in [0.29, 0.717) is 17.1 Å². The molecule has 0 aliphatic carbocycles. The van der Waals surface area contributed by atoms with Gasteiger partial charge in [0.25, 0.3) is 0 Å². The molecule has 0 saturated heterocycles. The first-order chi connectivity index (χ1) is 14.8. The Balaban J connectivity index is 1.52. The molecule has 0 spiro atoms. The van der Waals surface area contributed by atoms with Gasteiger partial charge in [0.2, 0.25) is 0 Å². The summed E-state index contributed by atoms with van der Waals surface area (Å²) in [5.41, 5.74) is 8.32. The van der Waals surface area contributed by atoms with Crippen molar-refractivity contribution in [3.63, 3.8) is 0 Å². The second kappa shape index (κ2) is 6.57. The van der Waals surface area contributed by atoms with E-state index in [2.05, 4.69) is 59.1 Å². The zero-order valence-corrected chi connectivity index (χ0v) is 16.7. The Kier molecular flexibility index (Phi) is 3.72. The van der Waals surface area contributed by atoms with Crippen molar-refractivity contribution in [3.8, 4) is 33.8 Å². The van der Waals surface area contributed by atoms with Crippen LogP contribution in [0.3, 0.4) is 0 Å². The maximum Gasteiger partial charge on any atom is 0.181 e. The SMILES string of the molecule is Cc1cncc(-c2cnc3n[nH]c(-c4nc5nccc(-c6ccsc6)c5[nH]4)c3c2)c1. The van der Waals surface area contributed by atoms with Crippen molar-refractivity contribution in [1.29, 1.82) is 0 Å². The van der Waals surface area contributed by atoms with E-state index in [0.717, 1.165) is 44.4 Å². The lowest BCUT2D eigenvalue weighted by Crippen LogP contribution is -1.86. The molecule has 6 rings (SSSR count). The lowest BCUT2D eigenvalue weighted by Gasteiger charge is -2.02. The largest absolute Gasteiger partial charge is 0.335 e. The first-order valence-electron chi connectivity index (χ1n) is 9.40. The van der Waals surface area contributed by atoms with Gasteiger partial charge in [-0.05, 0) is 53.1 Å². The maximum atomic E-state index is 4.72. The minimum atomic E-state index is 0.640. The molecule has 8 heteroatoms. The van der Waals surface area contributed by atoms with Crippen LogP contribution < -0.4 is 0 Å². The minimum absolute atomic E-state index is 0.640. The van der Waals surface area contributed by atoms with E-state index in [4.69, 9.17) is 4.98 Å². The molecular weight excluding hydrogens is 394 g/mol. The zero-order valence-electron chi connectivity index (χ0n) is 15.9. The number of thiophene rings is 1. The van der Waals surface area contributed by atoms with Gasteiger partial charge in [-0.3, -0.25) is 10.1 Å². The number of aryl methyl sites for hydroxylation is 1. The standard InChI is InChI=1S/C22H15N7S/c1-12-6-14(9-23-8-12)15-7-17-19(28-29-20(17)25-10-15)22-26-18-16(13-3-5-30-11-13)2-4-24-21(18)27-22/h2-11H,1H3,(H,24,26,27)(H,25,28,29). The molecule has 0 saturated carbocycles. The lowest BCUT2D eigenvalue weighted by molar-refractivity contribution is 1.09. The van der Waals surface area contributed by atoms with Crippen LogP contribution in [0.2, 0.25) is 0 Å². The van der Waals surface area contributed by atoms with Crippen LogP contribution in [0.5, 0.6) is 0 Å². The van der Waals surface area contributed by atoms with Gasteiger partial charge in [0, 0.05) is 41.5 Å². The van der Waals surface area contributed by atoms with Gasteiger partial charge >= 0.3 is 0 Å². The van der Waals surface area contributed by atoms with Crippen LogP contribution in [0.25, 0.3) is 56.0 Å². The summed E-state index contributed by atoms with van der Waals surface area (Å²) in [5, 5.41) is 12.5. The summed E-state index contributed by atoms with van der Waals surface area (Å²) >= 11 is 1.67. The molecule has 0 amide bonds. The number of fused-ring (bicyclic) bond motifs is 2. The molecule has 2 N–H and O–H groups in total. The Hall–Kier alpha value is -3.91. The van der Waals surface area contributed by atoms with Crippen LogP contribution in [-0.2, 0) is 0 Å². The normalized spacial score (nSPS) is 11.5. The highest BCUT2D eigenvalue weighted by Gasteiger charge is 2.16. The van der Waals surface area contributed by atoms with Gasteiger partial charge in [0.15, 0.2) is 17.1 Å². The molecule has 0 unspecified atom stereocenters. The van der Waals surface area contributed by atoms with E-state index in [1.54, 1.807) is 17.5 Å². The van der Waals surface area contributed by atoms with Gasteiger partial charge in [0.1, 0.15) is 5.69 Å². The molecule has 0 atom stereocenters. The highest BCUT2D eigenvalue weighted by molar-refractivity contribution is 7.08. The van der Waals surface area contributed by atoms with E-state index in [1.807, 2.05) is 31.6 Å². The monoisotopic (exact) mass is 409 g/mol. The molecule has 0 radical (unpaired) electrons. The molecule has 144 valence electrons. The van der Waals surface area contributed by atoms with Crippen molar-refractivity contribution < 1.29 is 0 Å². The van der Waals surface area contributed by atoms with E-state index in [9.17, 15) is 0 Å².